The minimum Gasteiger partial charge on any atom is -0.494 e. The lowest BCUT2D eigenvalue weighted by molar-refractivity contribution is -0.117. The average Bonchev–Trinajstić information content (AvgIpc) is 3.44. The van der Waals surface area contributed by atoms with Gasteiger partial charge in [-0.2, -0.15) is 0 Å². The van der Waals surface area contributed by atoms with Crippen LogP contribution in [-0.2, 0) is 16.0 Å². The van der Waals surface area contributed by atoms with E-state index < -0.39 is 0 Å². The van der Waals surface area contributed by atoms with Gasteiger partial charge in [-0.3, -0.25) is 9.59 Å². The maximum Gasteiger partial charge on any atom is 0.236 e. The van der Waals surface area contributed by atoms with E-state index in [0.29, 0.717) is 41.7 Å². The maximum absolute atomic E-state index is 12.5. The Labute approximate surface area is 172 Å². The summed E-state index contributed by atoms with van der Waals surface area (Å²) in [5, 5.41) is 4.82. The number of oxazole rings is 1. The van der Waals surface area contributed by atoms with E-state index in [2.05, 4.69) is 10.3 Å². The van der Waals surface area contributed by atoms with E-state index in [9.17, 15) is 9.59 Å². The van der Waals surface area contributed by atoms with Crippen LogP contribution in [0.5, 0.6) is 5.75 Å². The molecule has 1 aliphatic rings. The summed E-state index contributed by atoms with van der Waals surface area (Å²) in [5.74, 6) is 1.59. The van der Waals surface area contributed by atoms with E-state index in [4.69, 9.17) is 9.15 Å². The smallest absolute Gasteiger partial charge is 0.236 e. The summed E-state index contributed by atoms with van der Waals surface area (Å²) in [6.45, 7) is 2.48. The molecule has 1 saturated heterocycles. The highest BCUT2D eigenvalue weighted by Gasteiger charge is 2.24. The molecule has 0 spiro atoms. The minimum atomic E-state index is -0.203. The summed E-state index contributed by atoms with van der Waals surface area (Å²) < 4.78 is 11.1. The molecule has 3 heterocycles. The molecule has 29 heavy (non-hydrogen) atoms. The van der Waals surface area contributed by atoms with Crippen molar-refractivity contribution in [1.29, 1.82) is 0 Å². The number of rotatable bonds is 6. The molecule has 2 amide bonds. The lowest BCUT2D eigenvalue weighted by Gasteiger charge is -2.19. The van der Waals surface area contributed by atoms with E-state index >= 15 is 0 Å². The molecule has 0 unspecified atom stereocenters. The third-order valence-corrected chi connectivity index (χ3v) is 5.64. The Balaban J connectivity index is 1.47. The molecular formula is C21H21N3O4S. The molecule has 7 nitrogen and oxygen atoms in total. The van der Waals surface area contributed by atoms with Crippen molar-refractivity contribution in [3.8, 4) is 16.5 Å². The number of nitrogens with one attached hydrogen (secondary N) is 1. The molecule has 4 rings (SSSR count). The molecule has 1 N–H and O–H groups in total. The van der Waals surface area contributed by atoms with Crippen molar-refractivity contribution in [2.24, 2.45) is 0 Å². The minimum absolute atomic E-state index is 0.0862. The molecule has 0 bridgehead atoms. The summed E-state index contributed by atoms with van der Waals surface area (Å²) in [7, 11) is 1.55. The van der Waals surface area contributed by atoms with Gasteiger partial charge in [0.15, 0.2) is 0 Å². The van der Waals surface area contributed by atoms with Crippen molar-refractivity contribution >= 4 is 34.5 Å². The van der Waals surface area contributed by atoms with Crippen LogP contribution in [0.25, 0.3) is 10.8 Å². The molecule has 1 aliphatic heterocycles. The van der Waals surface area contributed by atoms with Gasteiger partial charge in [0.05, 0.1) is 29.8 Å². The number of anilines is 2. The summed E-state index contributed by atoms with van der Waals surface area (Å²) in [6.07, 6.45) is 1.49. The topological polar surface area (TPSA) is 84.7 Å². The predicted molar refractivity (Wildman–Crippen MR) is 111 cm³/mol. The maximum atomic E-state index is 12.5. The van der Waals surface area contributed by atoms with Gasteiger partial charge in [-0.1, -0.05) is 6.07 Å². The number of nitrogens with zero attached hydrogens (tertiary/aromatic N) is 2. The molecule has 1 fully saturated rings. The molecule has 0 radical (unpaired) electrons. The first-order valence-electron chi connectivity index (χ1n) is 9.33. The number of aryl methyl sites for hydroxylation is 1. The van der Waals surface area contributed by atoms with Gasteiger partial charge in [0.2, 0.25) is 17.7 Å². The number of ether oxygens (including phenoxy) is 1. The first-order valence-corrected chi connectivity index (χ1v) is 10.2. The molecule has 3 aromatic rings. The van der Waals surface area contributed by atoms with E-state index in [1.54, 1.807) is 37.1 Å². The van der Waals surface area contributed by atoms with Gasteiger partial charge in [-0.15, -0.1) is 11.3 Å². The Hall–Kier alpha value is -3.13. The summed E-state index contributed by atoms with van der Waals surface area (Å²) in [4.78, 5) is 31.6. The molecular weight excluding hydrogens is 390 g/mol. The number of amides is 2. The highest BCUT2D eigenvalue weighted by Crippen LogP contribution is 2.34. The van der Waals surface area contributed by atoms with Crippen LogP contribution < -0.4 is 15.0 Å². The second-order valence-corrected chi connectivity index (χ2v) is 7.71. The predicted octanol–water partition coefficient (Wildman–Crippen LogP) is 4.03. The number of methoxy groups -OCH3 is 1. The number of hydrogen-bond donors (Lipinski definition) is 1. The quantitative estimate of drug-likeness (QED) is 0.662. The van der Waals surface area contributed by atoms with Gasteiger partial charge in [-0.25, -0.2) is 4.98 Å². The summed E-state index contributed by atoms with van der Waals surface area (Å²) >= 11 is 1.54. The number of benzene rings is 1. The number of carbonyl (C=O) groups excluding carboxylic acids is 2. The molecule has 8 heteroatoms. The monoisotopic (exact) mass is 411 g/mol. The molecule has 150 valence electrons. The number of thiophene rings is 1. The third-order valence-electron chi connectivity index (χ3n) is 4.78. The molecule has 2 aromatic heterocycles. The number of hydrogen-bond acceptors (Lipinski definition) is 6. The first kappa shape index (κ1) is 19.2. The van der Waals surface area contributed by atoms with Crippen molar-refractivity contribution in [1.82, 2.24) is 4.98 Å². The van der Waals surface area contributed by atoms with Crippen LogP contribution in [0.4, 0.5) is 11.4 Å². The molecule has 0 aliphatic carbocycles. The Kier molecular flexibility index (Phi) is 5.35. The highest BCUT2D eigenvalue weighted by atomic mass is 32.1. The van der Waals surface area contributed by atoms with Gasteiger partial charge < -0.3 is 19.4 Å². The second kappa shape index (κ2) is 8.08. The van der Waals surface area contributed by atoms with Gasteiger partial charge >= 0.3 is 0 Å². The fraction of sp³-hybridized carbons (Fsp3) is 0.286. The van der Waals surface area contributed by atoms with E-state index in [0.717, 1.165) is 17.0 Å². The lowest BCUT2D eigenvalue weighted by Crippen LogP contribution is -2.24. The average molecular weight is 411 g/mol. The number of aromatic nitrogens is 1. The molecule has 1 aromatic carbocycles. The number of carbonyl (C=O) groups is 2. The lowest BCUT2D eigenvalue weighted by atomic mass is 10.2. The largest absolute Gasteiger partial charge is 0.494 e. The van der Waals surface area contributed by atoms with Gasteiger partial charge in [0.25, 0.3) is 0 Å². The Morgan fingerprint density at radius 3 is 2.93 bits per heavy atom. The van der Waals surface area contributed by atoms with Crippen molar-refractivity contribution in [3.63, 3.8) is 0 Å². The van der Waals surface area contributed by atoms with Crippen LogP contribution in [0, 0.1) is 6.92 Å². The Morgan fingerprint density at radius 1 is 1.38 bits per heavy atom. The summed E-state index contributed by atoms with van der Waals surface area (Å²) in [6, 6.07) is 9.16. The van der Waals surface area contributed by atoms with Gasteiger partial charge in [0, 0.05) is 24.7 Å². The fourth-order valence-electron chi connectivity index (χ4n) is 3.34. The highest BCUT2D eigenvalue weighted by molar-refractivity contribution is 7.13. The SMILES string of the molecule is COc1cc(NC(=O)Cc2nc(-c3cccs3)oc2C)ccc1N1CCCC1=O. The second-order valence-electron chi connectivity index (χ2n) is 6.76. The van der Waals surface area contributed by atoms with Crippen molar-refractivity contribution < 1.29 is 18.7 Å². The van der Waals surface area contributed by atoms with Gasteiger partial charge in [-0.05, 0) is 36.9 Å². The zero-order valence-corrected chi connectivity index (χ0v) is 17.0. The van der Waals surface area contributed by atoms with Gasteiger partial charge in [0.1, 0.15) is 11.5 Å². The van der Waals surface area contributed by atoms with Crippen LogP contribution in [0.1, 0.15) is 24.3 Å². The van der Waals surface area contributed by atoms with Crippen LogP contribution in [-0.4, -0.2) is 30.5 Å². The zero-order chi connectivity index (χ0) is 20.4. The van der Waals surface area contributed by atoms with Crippen molar-refractivity contribution in [2.75, 3.05) is 23.9 Å². The normalized spacial score (nSPS) is 13.7. The third kappa shape index (κ3) is 4.02. The standard InChI is InChI=1S/C21H21N3O4S/c1-13-15(23-21(28-13)18-5-4-10-29-18)12-19(25)22-14-7-8-16(17(11-14)27-2)24-9-3-6-20(24)26/h4-5,7-8,10-11H,3,6,9,12H2,1-2H3,(H,22,25). The Bertz CT molecular complexity index is 1040. The molecule has 0 saturated carbocycles. The molecule has 0 atom stereocenters. The van der Waals surface area contributed by atoms with E-state index in [1.807, 2.05) is 17.5 Å². The van der Waals surface area contributed by atoms with Crippen LogP contribution in [0.3, 0.4) is 0 Å². The fourth-order valence-corrected chi connectivity index (χ4v) is 3.99. The van der Waals surface area contributed by atoms with Crippen molar-refractivity contribution in [2.45, 2.75) is 26.2 Å². The summed E-state index contributed by atoms with van der Waals surface area (Å²) in [5.41, 5.74) is 1.93. The van der Waals surface area contributed by atoms with Crippen LogP contribution >= 0.6 is 11.3 Å². The van der Waals surface area contributed by atoms with Crippen LogP contribution in [0.15, 0.2) is 40.1 Å². The van der Waals surface area contributed by atoms with E-state index in [-0.39, 0.29) is 18.2 Å². The zero-order valence-electron chi connectivity index (χ0n) is 16.2. The Morgan fingerprint density at radius 2 is 2.24 bits per heavy atom. The van der Waals surface area contributed by atoms with Crippen molar-refractivity contribution in [3.05, 3.63) is 47.2 Å². The first-order chi connectivity index (χ1) is 14.0. The van der Waals surface area contributed by atoms with Crippen LogP contribution in [0.2, 0.25) is 0 Å². The van der Waals surface area contributed by atoms with E-state index in [1.165, 1.54) is 11.3 Å².